The van der Waals surface area contributed by atoms with Crippen LogP contribution in [0.25, 0.3) is 0 Å². The molecule has 0 amide bonds. The van der Waals surface area contributed by atoms with Gasteiger partial charge >= 0.3 is 0 Å². The van der Waals surface area contributed by atoms with Crippen molar-refractivity contribution in [2.45, 2.75) is 19.1 Å². The molecule has 1 saturated heterocycles. The molecule has 1 fully saturated rings. The van der Waals surface area contributed by atoms with Gasteiger partial charge in [0, 0.05) is 5.97 Å². The van der Waals surface area contributed by atoms with E-state index in [-0.39, 0.29) is 0 Å². The Morgan fingerprint density at radius 1 is 1.50 bits per heavy atom. The molecule has 0 aromatic rings. The fourth-order valence-electron chi connectivity index (χ4n) is 0.537. The van der Waals surface area contributed by atoms with E-state index in [1.165, 1.54) is 6.42 Å². The smallest absolute Gasteiger partial charge is 0.213 e. The molecular weight excluding hydrogens is 72.9 g/mol. The lowest BCUT2D eigenvalue weighted by molar-refractivity contribution is 0.951. The van der Waals surface area contributed by atoms with Crippen LogP contribution in [0.3, 0.4) is 0 Å². The number of nitrogens with zero attached hydrogens (tertiary/aromatic N) is 1. The van der Waals surface area contributed by atoms with Crippen LogP contribution in [0.1, 0.15) is 6.42 Å². The summed E-state index contributed by atoms with van der Waals surface area (Å²) < 4.78 is 0. The van der Waals surface area contributed by atoms with Crippen LogP contribution in [0, 0.1) is 11.2 Å². The first kappa shape index (κ1) is 3.73. The first-order valence-corrected chi connectivity index (χ1v) is 2.33. The van der Waals surface area contributed by atoms with Crippen LogP contribution in [0.4, 0.5) is 0 Å². The molecular formula is C4H6BN. The Labute approximate surface area is 38.0 Å². The van der Waals surface area contributed by atoms with Crippen LogP contribution in [0.5, 0.6) is 0 Å². The Morgan fingerprint density at radius 3 is 2.17 bits per heavy atom. The largest absolute Gasteiger partial charge is 0.267 e. The molecule has 0 atom stereocenters. The molecule has 30 valence electrons. The van der Waals surface area contributed by atoms with E-state index in [2.05, 4.69) is 5.97 Å². The van der Waals surface area contributed by atoms with Crippen molar-refractivity contribution in [3.63, 3.8) is 0 Å². The van der Waals surface area contributed by atoms with E-state index in [9.17, 15) is 0 Å². The van der Waals surface area contributed by atoms with E-state index in [4.69, 9.17) is 5.26 Å². The minimum Gasteiger partial charge on any atom is -0.213 e. The zero-order valence-electron chi connectivity index (χ0n) is 3.65. The molecule has 1 aliphatic heterocycles. The van der Waals surface area contributed by atoms with Gasteiger partial charge in [-0.15, -0.1) is 0 Å². The van der Waals surface area contributed by atoms with Crippen molar-refractivity contribution in [3.05, 3.63) is 0 Å². The highest BCUT2D eigenvalue weighted by atomic mass is 14.2. The Morgan fingerprint density at radius 2 is 2.17 bits per heavy atom. The molecule has 1 rings (SSSR count). The molecule has 0 aliphatic carbocycles. The zero-order valence-corrected chi connectivity index (χ0v) is 3.65. The number of rotatable bonds is 0. The Bertz CT molecular complexity index is 80.0. The summed E-state index contributed by atoms with van der Waals surface area (Å²) in [5.74, 6) is 2.20. The summed E-state index contributed by atoms with van der Waals surface area (Å²) in [5.41, 5.74) is 0. The SMILES string of the molecule is N#CB1CCC1. The summed E-state index contributed by atoms with van der Waals surface area (Å²) in [6, 6.07) is 0. The summed E-state index contributed by atoms with van der Waals surface area (Å²) in [7, 11) is 0. The lowest BCUT2D eigenvalue weighted by Crippen LogP contribution is -2.18. The molecule has 0 aromatic heterocycles. The predicted molar refractivity (Wildman–Crippen MR) is 25.6 cm³/mol. The van der Waals surface area contributed by atoms with Gasteiger partial charge in [-0.05, 0) is 0 Å². The summed E-state index contributed by atoms with van der Waals surface area (Å²) >= 11 is 0. The molecule has 0 bridgehead atoms. The van der Waals surface area contributed by atoms with Crippen molar-refractivity contribution in [2.75, 3.05) is 0 Å². The van der Waals surface area contributed by atoms with E-state index in [1.807, 2.05) is 0 Å². The van der Waals surface area contributed by atoms with Crippen LogP contribution in [-0.2, 0) is 0 Å². The predicted octanol–water partition coefficient (Wildman–Crippen LogP) is 0.948. The van der Waals surface area contributed by atoms with E-state index in [1.54, 1.807) is 0 Å². The standard InChI is InChI=1S/C4H6BN/c6-4-5-2-1-3-5/h1-3H2. The van der Waals surface area contributed by atoms with Crippen molar-refractivity contribution in [1.82, 2.24) is 0 Å². The molecule has 0 saturated carbocycles. The highest BCUT2D eigenvalue weighted by molar-refractivity contribution is 6.69. The molecule has 0 spiro atoms. The molecule has 0 aromatic carbocycles. The topological polar surface area (TPSA) is 23.8 Å². The maximum absolute atomic E-state index is 8.14. The van der Waals surface area contributed by atoms with Gasteiger partial charge in [0.15, 0.2) is 0 Å². The Kier molecular flexibility index (Phi) is 0.834. The Hall–Kier alpha value is -0.445. The fraction of sp³-hybridized carbons (Fsp3) is 0.750. The van der Waals surface area contributed by atoms with Gasteiger partial charge in [0.1, 0.15) is 0 Å². The van der Waals surface area contributed by atoms with Crippen molar-refractivity contribution in [3.8, 4) is 5.97 Å². The van der Waals surface area contributed by atoms with E-state index in [0.29, 0.717) is 6.71 Å². The first-order valence-electron chi connectivity index (χ1n) is 2.33. The van der Waals surface area contributed by atoms with Crippen LogP contribution in [-0.4, -0.2) is 6.71 Å². The molecule has 1 aliphatic rings. The van der Waals surface area contributed by atoms with Gasteiger partial charge in [-0.2, -0.15) is 0 Å². The maximum atomic E-state index is 8.14. The van der Waals surface area contributed by atoms with E-state index in [0.717, 1.165) is 12.6 Å². The van der Waals surface area contributed by atoms with Crippen molar-refractivity contribution in [2.24, 2.45) is 0 Å². The second kappa shape index (κ2) is 1.34. The molecule has 6 heavy (non-hydrogen) atoms. The summed E-state index contributed by atoms with van der Waals surface area (Å²) in [6.07, 6.45) is 3.57. The average molecular weight is 78.9 g/mol. The van der Waals surface area contributed by atoms with Crippen molar-refractivity contribution < 1.29 is 0 Å². The number of hydrogen-bond donors (Lipinski definition) is 0. The van der Waals surface area contributed by atoms with Crippen LogP contribution >= 0.6 is 0 Å². The third-order valence-electron chi connectivity index (χ3n) is 1.29. The van der Waals surface area contributed by atoms with Gasteiger partial charge < -0.3 is 0 Å². The third-order valence-corrected chi connectivity index (χ3v) is 1.29. The highest BCUT2D eigenvalue weighted by Gasteiger charge is 2.20. The molecule has 0 N–H and O–H groups in total. The minimum atomic E-state index is 0.421. The van der Waals surface area contributed by atoms with Gasteiger partial charge in [-0.1, -0.05) is 19.1 Å². The quantitative estimate of drug-likeness (QED) is 0.396. The monoisotopic (exact) mass is 79.1 g/mol. The lowest BCUT2D eigenvalue weighted by Gasteiger charge is -2.11. The zero-order chi connectivity index (χ0) is 4.41. The molecule has 0 radical (unpaired) electrons. The summed E-state index contributed by atoms with van der Waals surface area (Å²) in [4.78, 5) is 0. The van der Waals surface area contributed by atoms with Gasteiger partial charge in [0.05, 0.1) is 0 Å². The number of nitriles is 1. The van der Waals surface area contributed by atoms with Gasteiger partial charge in [0.2, 0.25) is 0 Å². The third kappa shape index (κ3) is 0.407. The van der Waals surface area contributed by atoms with Crippen LogP contribution in [0.15, 0.2) is 0 Å². The van der Waals surface area contributed by atoms with Crippen molar-refractivity contribution >= 4 is 6.71 Å². The van der Waals surface area contributed by atoms with Crippen LogP contribution < -0.4 is 0 Å². The first-order chi connectivity index (χ1) is 2.93. The van der Waals surface area contributed by atoms with Gasteiger partial charge in [-0.3, -0.25) is 0 Å². The van der Waals surface area contributed by atoms with E-state index < -0.39 is 0 Å². The molecule has 1 nitrogen and oxygen atoms in total. The van der Waals surface area contributed by atoms with Crippen LogP contribution in [0.2, 0.25) is 12.6 Å². The normalized spacial score (nSPS) is 18.8. The minimum absolute atomic E-state index is 0.421. The van der Waals surface area contributed by atoms with Gasteiger partial charge in [-0.25, -0.2) is 5.26 Å². The second-order valence-corrected chi connectivity index (χ2v) is 1.76. The summed E-state index contributed by atoms with van der Waals surface area (Å²) in [5, 5.41) is 8.14. The highest BCUT2D eigenvalue weighted by Crippen LogP contribution is 2.17. The average Bonchev–Trinajstić information content (AvgIpc) is 1.31. The second-order valence-electron chi connectivity index (χ2n) is 1.76. The molecule has 0 unspecified atom stereocenters. The lowest BCUT2D eigenvalue weighted by atomic mass is 9.37. The Balaban J connectivity index is 2.22. The molecule has 2 heteroatoms. The van der Waals surface area contributed by atoms with Gasteiger partial charge in [0.25, 0.3) is 6.71 Å². The van der Waals surface area contributed by atoms with Crippen molar-refractivity contribution in [1.29, 1.82) is 5.26 Å². The van der Waals surface area contributed by atoms with E-state index >= 15 is 0 Å². The maximum Gasteiger partial charge on any atom is 0.267 e. The molecule has 1 heterocycles. The fourth-order valence-corrected chi connectivity index (χ4v) is 0.537. The number of hydrogen-bond acceptors (Lipinski definition) is 1. The summed E-state index contributed by atoms with van der Waals surface area (Å²) in [6.45, 7) is 0.421.